The number of ether oxygens (including phenoxy) is 1. The highest BCUT2D eigenvalue weighted by molar-refractivity contribution is 6.35. The molecule has 4 bridgehead atoms. The Morgan fingerprint density at radius 1 is 1.06 bits per heavy atom. The fraction of sp³-hybridized carbons (Fsp3) is 0.643. The topological polar surface area (TPSA) is 68.2 Å². The molecule has 1 saturated heterocycles. The van der Waals surface area contributed by atoms with Crippen LogP contribution in [-0.4, -0.2) is 48.0 Å². The minimum atomic E-state index is -0.128. The molecular formula is C28H36Cl2N4O2. The minimum absolute atomic E-state index is 0.128. The second kappa shape index (κ2) is 10.3. The number of benzene rings is 1. The van der Waals surface area contributed by atoms with Gasteiger partial charge in [-0.2, -0.15) is 5.10 Å². The zero-order valence-corrected chi connectivity index (χ0v) is 22.5. The summed E-state index contributed by atoms with van der Waals surface area (Å²) in [6.45, 7) is 4.82. The number of amides is 1. The monoisotopic (exact) mass is 530 g/mol. The molecule has 5 fully saturated rings. The summed E-state index contributed by atoms with van der Waals surface area (Å²) in [4.78, 5) is 13.3. The molecule has 6 nitrogen and oxygen atoms in total. The predicted octanol–water partition coefficient (Wildman–Crippen LogP) is 5.53. The van der Waals surface area contributed by atoms with Crippen molar-refractivity contribution in [3.05, 3.63) is 45.2 Å². The second-order valence-electron chi connectivity index (χ2n) is 11.4. The lowest BCUT2D eigenvalue weighted by Gasteiger charge is -2.54. The van der Waals surface area contributed by atoms with E-state index in [-0.39, 0.29) is 11.8 Å². The lowest BCUT2D eigenvalue weighted by Crippen LogP contribution is -2.55. The van der Waals surface area contributed by atoms with E-state index in [2.05, 4.69) is 10.6 Å². The first-order chi connectivity index (χ1) is 17.5. The quantitative estimate of drug-likeness (QED) is 0.462. The molecule has 0 spiro atoms. The van der Waals surface area contributed by atoms with E-state index in [1.165, 1.54) is 32.1 Å². The lowest BCUT2D eigenvalue weighted by atomic mass is 9.54. The Morgan fingerprint density at radius 3 is 2.42 bits per heavy atom. The number of carbonyl (C=O) groups excluding carboxylic acids is 1. The Bertz CT molecular complexity index is 1100. The molecule has 2 aromatic rings. The molecule has 1 aromatic carbocycles. The number of halogens is 2. The van der Waals surface area contributed by atoms with Crippen LogP contribution in [0.3, 0.4) is 0 Å². The van der Waals surface area contributed by atoms with Gasteiger partial charge in [0.25, 0.3) is 5.91 Å². The molecule has 0 atom stereocenters. The smallest absolute Gasteiger partial charge is 0.272 e. The first kappa shape index (κ1) is 24.7. The minimum Gasteiger partial charge on any atom is -0.381 e. The molecular weight excluding hydrogens is 495 g/mol. The van der Waals surface area contributed by atoms with Gasteiger partial charge in [-0.15, -0.1) is 0 Å². The maximum Gasteiger partial charge on any atom is 0.272 e. The van der Waals surface area contributed by atoms with Crippen molar-refractivity contribution in [2.24, 2.45) is 23.7 Å². The third-order valence-corrected chi connectivity index (χ3v) is 9.68. The van der Waals surface area contributed by atoms with Crippen molar-refractivity contribution in [1.29, 1.82) is 0 Å². The van der Waals surface area contributed by atoms with Crippen LogP contribution in [0.4, 0.5) is 0 Å². The van der Waals surface area contributed by atoms with Crippen molar-refractivity contribution in [3.63, 3.8) is 0 Å². The van der Waals surface area contributed by atoms with Crippen LogP contribution in [-0.2, 0) is 4.74 Å². The maximum atomic E-state index is 13.3. The molecule has 7 rings (SSSR count). The van der Waals surface area contributed by atoms with Crippen LogP contribution in [0.25, 0.3) is 5.69 Å². The van der Waals surface area contributed by atoms with Gasteiger partial charge in [-0.3, -0.25) is 4.79 Å². The lowest BCUT2D eigenvalue weighted by molar-refractivity contribution is -0.0133. The highest BCUT2D eigenvalue weighted by Gasteiger charge is 2.47. The normalized spacial score (nSPS) is 29.6. The third kappa shape index (κ3) is 4.70. The molecule has 2 heterocycles. The molecule has 0 unspecified atom stereocenters. The zero-order chi connectivity index (χ0) is 24.8. The highest BCUT2D eigenvalue weighted by Crippen LogP contribution is 2.53. The number of carbonyl (C=O) groups is 1. The van der Waals surface area contributed by atoms with Gasteiger partial charge in [0.15, 0.2) is 5.69 Å². The van der Waals surface area contributed by atoms with Crippen LogP contribution in [0.1, 0.15) is 72.6 Å². The van der Waals surface area contributed by atoms with E-state index in [1.54, 1.807) is 6.07 Å². The van der Waals surface area contributed by atoms with Crippen LogP contribution in [0, 0.1) is 30.6 Å². The van der Waals surface area contributed by atoms with E-state index in [9.17, 15) is 4.79 Å². The van der Waals surface area contributed by atoms with Gasteiger partial charge in [0.1, 0.15) is 0 Å². The summed E-state index contributed by atoms with van der Waals surface area (Å²) in [5, 5.41) is 12.8. The van der Waals surface area contributed by atoms with Gasteiger partial charge in [0, 0.05) is 48.8 Å². The summed E-state index contributed by atoms with van der Waals surface area (Å²) >= 11 is 12.7. The van der Waals surface area contributed by atoms with Gasteiger partial charge in [-0.05, 0) is 93.7 Å². The van der Waals surface area contributed by atoms with Crippen molar-refractivity contribution >= 4 is 29.1 Å². The van der Waals surface area contributed by atoms with E-state index in [1.807, 2.05) is 23.7 Å². The van der Waals surface area contributed by atoms with Crippen LogP contribution < -0.4 is 10.6 Å². The van der Waals surface area contributed by atoms with E-state index in [4.69, 9.17) is 33.0 Å². The number of nitrogens with one attached hydrogen (secondary N) is 2. The first-order valence-corrected chi connectivity index (χ1v) is 14.4. The Morgan fingerprint density at radius 2 is 1.75 bits per heavy atom. The van der Waals surface area contributed by atoms with Crippen molar-refractivity contribution in [3.8, 4) is 5.69 Å². The predicted molar refractivity (Wildman–Crippen MR) is 142 cm³/mol. The van der Waals surface area contributed by atoms with E-state index in [0.717, 1.165) is 60.0 Å². The molecule has 1 aromatic heterocycles. The number of nitrogens with zero attached hydrogens (tertiary/aromatic N) is 2. The van der Waals surface area contributed by atoms with Crippen molar-refractivity contribution in [1.82, 2.24) is 20.4 Å². The Hall–Kier alpha value is -1.60. The van der Waals surface area contributed by atoms with Crippen molar-refractivity contribution in [2.75, 3.05) is 26.3 Å². The second-order valence-corrected chi connectivity index (χ2v) is 12.3. The van der Waals surface area contributed by atoms with E-state index >= 15 is 0 Å². The Labute approximate surface area is 223 Å². The average Bonchev–Trinajstić information content (AvgIpc) is 3.20. The summed E-state index contributed by atoms with van der Waals surface area (Å²) in [5.74, 6) is 3.75. The molecule has 194 valence electrons. The summed E-state index contributed by atoms with van der Waals surface area (Å²) in [7, 11) is 0. The van der Waals surface area contributed by atoms with Gasteiger partial charge >= 0.3 is 0 Å². The van der Waals surface area contributed by atoms with Gasteiger partial charge < -0.3 is 15.4 Å². The van der Waals surface area contributed by atoms with Crippen molar-refractivity contribution < 1.29 is 9.53 Å². The highest BCUT2D eigenvalue weighted by atomic mass is 35.5. The van der Waals surface area contributed by atoms with E-state index < -0.39 is 0 Å². The number of hydrogen-bond acceptors (Lipinski definition) is 4. The van der Waals surface area contributed by atoms with Crippen molar-refractivity contribution in [2.45, 2.75) is 63.8 Å². The van der Waals surface area contributed by atoms with Gasteiger partial charge in [0.05, 0.1) is 16.4 Å². The number of rotatable bonds is 7. The van der Waals surface area contributed by atoms with E-state index in [0.29, 0.717) is 41.5 Å². The van der Waals surface area contributed by atoms with Crippen LogP contribution >= 0.6 is 23.2 Å². The maximum absolute atomic E-state index is 13.3. The SMILES string of the molecule is Cc1c(C(=O)NCCNC2C3CC4CC(C3)CC2C4)nn(-c2ccc(Cl)cc2Cl)c1C1CCOCC1. The standard InChI is InChI=1S/C28H36Cl2N4O2/c1-16-25(28(35)32-7-6-31-26-20-11-17-10-18(13-20)14-21(26)12-17)33-34(24-3-2-22(29)15-23(24)30)27(16)19-4-8-36-9-5-19/h2-3,15,17-21,26,31H,4-14H2,1H3,(H,32,35). The third-order valence-electron chi connectivity index (χ3n) is 9.15. The van der Waals surface area contributed by atoms with Crippen LogP contribution in [0.2, 0.25) is 10.0 Å². The first-order valence-electron chi connectivity index (χ1n) is 13.6. The Balaban J connectivity index is 1.15. The zero-order valence-electron chi connectivity index (χ0n) is 20.9. The fourth-order valence-electron chi connectivity index (χ4n) is 7.77. The Kier molecular flexibility index (Phi) is 7.06. The summed E-state index contributed by atoms with van der Waals surface area (Å²) < 4.78 is 7.44. The largest absolute Gasteiger partial charge is 0.381 e. The molecule has 36 heavy (non-hydrogen) atoms. The van der Waals surface area contributed by atoms with Gasteiger partial charge in [-0.25, -0.2) is 4.68 Å². The molecule has 1 amide bonds. The molecule has 0 radical (unpaired) electrons. The summed E-state index contributed by atoms with van der Waals surface area (Å²) in [6.07, 6.45) is 8.86. The average molecular weight is 532 g/mol. The van der Waals surface area contributed by atoms with Crippen LogP contribution in [0.15, 0.2) is 18.2 Å². The van der Waals surface area contributed by atoms with Crippen LogP contribution in [0.5, 0.6) is 0 Å². The molecule has 4 saturated carbocycles. The molecule has 5 aliphatic rings. The molecule has 4 aliphatic carbocycles. The number of aromatic nitrogens is 2. The molecule has 2 N–H and O–H groups in total. The summed E-state index contributed by atoms with van der Waals surface area (Å²) in [6, 6.07) is 6.03. The fourth-order valence-corrected chi connectivity index (χ4v) is 8.26. The number of hydrogen-bond donors (Lipinski definition) is 2. The summed E-state index contributed by atoms with van der Waals surface area (Å²) in [5.41, 5.74) is 3.17. The molecule has 1 aliphatic heterocycles. The molecule has 8 heteroatoms. The van der Waals surface area contributed by atoms with Gasteiger partial charge in [0.2, 0.25) is 0 Å². The van der Waals surface area contributed by atoms with Gasteiger partial charge in [-0.1, -0.05) is 23.2 Å².